The highest BCUT2D eigenvalue weighted by Gasteiger charge is 2.35. The van der Waals surface area contributed by atoms with Crippen molar-refractivity contribution in [2.75, 3.05) is 31.5 Å². The SMILES string of the molecule is Cc1cccc(C2C(=O)NCCN2C(=O)Nc2cc(S(=O)(=O)N3CCCCC3)ccc2Oc2cc(Cl)cc(Cl)c2)c1. The van der Waals surface area contributed by atoms with Crippen molar-refractivity contribution < 1.29 is 22.7 Å². The molecule has 0 bridgehead atoms. The van der Waals surface area contributed by atoms with Crippen LogP contribution >= 0.6 is 23.2 Å². The molecule has 0 radical (unpaired) electrons. The average molecular weight is 618 g/mol. The van der Waals surface area contributed by atoms with Crippen molar-refractivity contribution >= 4 is 50.9 Å². The Hall–Kier alpha value is -3.31. The highest BCUT2D eigenvalue weighted by molar-refractivity contribution is 7.89. The van der Waals surface area contributed by atoms with Gasteiger partial charge in [-0.05, 0) is 61.7 Å². The molecule has 1 atom stereocenters. The quantitative estimate of drug-likeness (QED) is 0.354. The summed E-state index contributed by atoms with van der Waals surface area (Å²) in [5.41, 5.74) is 1.75. The Kier molecular flexibility index (Phi) is 8.74. The van der Waals surface area contributed by atoms with Gasteiger partial charge in [0.25, 0.3) is 0 Å². The number of benzene rings is 3. The number of hydrogen-bond acceptors (Lipinski definition) is 5. The summed E-state index contributed by atoms with van der Waals surface area (Å²) in [5, 5.41) is 6.34. The van der Waals surface area contributed by atoms with Crippen LogP contribution in [0.2, 0.25) is 10.0 Å². The van der Waals surface area contributed by atoms with Crippen LogP contribution in [0.25, 0.3) is 0 Å². The van der Waals surface area contributed by atoms with Crippen molar-refractivity contribution in [3.8, 4) is 11.5 Å². The lowest BCUT2D eigenvalue weighted by molar-refractivity contribution is -0.127. The van der Waals surface area contributed by atoms with E-state index in [2.05, 4.69) is 10.6 Å². The van der Waals surface area contributed by atoms with E-state index in [1.54, 1.807) is 24.3 Å². The smallest absolute Gasteiger partial charge is 0.322 e. The minimum Gasteiger partial charge on any atom is -0.455 e. The fourth-order valence-corrected chi connectivity index (χ4v) is 7.12. The summed E-state index contributed by atoms with van der Waals surface area (Å²) in [6.45, 7) is 3.31. The number of urea groups is 1. The van der Waals surface area contributed by atoms with Crippen molar-refractivity contribution in [1.29, 1.82) is 0 Å². The summed E-state index contributed by atoms with van der Waals surface area (Å²) < 4.78 is 34.4. The standard InChI is InChI=1S/C29H30Cl2N4O5S/c1-19-6-5-7-20(14-19)27-28(36)32-10-13-35(27)29(37)33-25-18-24(41(38,39)34-11-3-2-4-12-34)8-9-26(25)40-23-16-21(30)15-22(31)17-23/h5-9,14-18,27H,2-4,10-13H2,1H3,(H,32,36)(H,33,37). The molecule has 0 spiro atoms. The number of aryl methyl sites for hydroxylation is 1. The number of rotatable bonds is 6. The minimum absolute atomic E-state index is 0.0257. The lowest BCUT2D eigenvalue weighted by Gasteiger charge is -2.35. The molecule has 3 aromatic carbocycles. The molecule has 5 rings (SSSR count). The third kappa shape index (κ3) is 6.62. The minimum atomic E-state index is -3.81. The van der Waals surface area contributed by atoms with Crippen LogP contribution in [-0.2, 0) is 14.8 Å². The van der Waals surface area contributed by atoms with Gasteiger partial charge in [-0.1, -0.05) is 59.5 Å². The van der Waals surface area contributed by atoms with Gasteiger partial charge in [0.2, 0.25) is 15.9 Å². The molecule has 3 aromatic rings. The highest BCUT2D eigenvalue weighted by atomic mass is 35.5. The Morgan fingerprint density at radius 1 is 0.976 bits per heavy atom. The molecule has 2 aliphatic heterocycles. The van der Waals surface area contributed by atoms with Crippen LogP contribution in [-0.4, -0.2) is 55.7 Å². The van der Waals surface area contributed by atoms with Gasteiger partial charge in [0.15, 0.2) is 5.75 Å². The summed E-state index contributed by atoms with van der Waals surface area (Å²) in [5.74, 6) is 0.186. The third-order valence-electron chi connectivity index (χ3n) is 7.04. The third-order valence-corrected chi connectivity index (χ3v) is 9.37. The molecule has 0 aromatic heterocycles. The van der Waals surface area contributed by atoms with Gasteiger partial charge in [-0.25, -0.2) is 13.2 Å². The molecule has 1 unspecified atom stereocenters. The fourth-order valence-electron chi connectivity index (χ4n) is 5.07. The number of carbonyl (C=O) groups is 2. The molecule has 3 amide bonds. The Morgan fingerprint density at radius 3 is 2.41 bits per heavy atom. The maximum Gasteiger partial charge on any atom is 0.322 e. The van der Waals surface area contributed by atoms with Crippen LogP contribution in [0.15, 0.2) is 65.6 Å². The molecule has 216 valence electrons. The van der Waals surface area contributed by atoms with Crippen molar-refractivity contribution in [2.45, 2.75) is 37.1 Å². The van der Waals surface area contributed by atoms with Crippen molar-refractivity contribution in [3.05, 3.63) is 81.8 Å². The van der Waals surface area contributed by atoms with Crippen LogP contribution in [0.5, 0.6) is 11.5 Å². The van der Waals surface area contributed by atoms with Crippen molar-refractivity contribution in [1.82, 2.24) is 14.5 Å². The van der Waals surface area contributed by atoms with E-state index < -0.39 is 22.1 Å². The molecule has 2 aliphatic rings. The van der Waals surface area contributed by atoms with Crippen LogP contribution in [0.4, 0.5) is 10.5 Å². The van der Waals surface area contributed by atoms with Gasteiger partial charge in [-0.2, -0.15) is 4.31 Å². The number of nitrogens with zero attached hydrogens (tertiary/aromatic N) is 2. The van der Waals surface area contributed by atoms with E-state index in [-0.39, 0.29) is 35.3 Å². The van der Waals surface area contributed by atoms with Crippen molar-refractivity contribution in [3.63, 3.8) is 0 Å². The van der Waals surface area contributed by atoms with Gasteiger partial charge >= 0.3 is 6.03 Å². The predicted octanol–water partition coefficient (Wildman–Crippen LogP) is 5.97. The number of piperidine rings is 1. The second kappa shape index (κ2) is 12.3. The zero-order valence-electron chi connectivity index (χ0n) is 22.4. The summed E-state index contributed by atoms with van der Waals surface area (Å²) in [6, 6.07) is 15.0. The maximum absolute atomic E-state index is 13.7. The number of amides is 3. The Labute approximate surface area is 249 Å². The largest absolute Gasteiger partial charge is 0.455 e. The first-order chi connectivity index (χ1) is 19.6. The topological polar surface area (TPSA) is 108 Å². The van der Waals surface area contributed by atoms with Gasteiger partial charge in [-0.15, -0.1) is 0 Å². The molecule has 2 heterocycles. The highest BCUT2D eigenvalue weighted by Crippen LogP contribution is 2.36. The first-order valence-corrected chi connectivity index (χ1v) is 15.5. The van der Waals surface area contributed by atoms with E-state index in [1.807, 2.05) is 25.1 Å². The first-order valence-electron chi connectivity index (χ1n) is 13.3. The number of sulfonamides is 1. The first kappa shape index (κ1) is 29.2. The second-order valence-electron chi connectivity index (χ2n) is 10.1. The lowest BCUT2D eigenvalue weighted by atomic mass is 10.0. The van der Waals surface area contributed by atoms with Crippen LogP contribution in [0, 0.1) is 6.92 Å². The molecule has 0 saturated carbocycles. The maximum atomic E-state index is 13.7. The second-order valence-corrected chi connectivity index (χ2v) is 12.9. The number of halogens is 2. The van der Waals surface area contributed by atoms with Gasteiger partial charge in [-0.3, -0.25) is 4.79 Å². The van der Waals surface area contributed by atoms with Gasteiger partial charge in [0, 0.05) is 36.2 Å². The summed E-state index contributed by atoms with van der Waals surface area (Å²) >= 11 is 12.3. The molecule has 2 saturated heterocycles. The molecule has 9 nitrogen and oxygen atoms in total. The number of nitrogens with one attached hydrogen (secondary N) is 2. The van der Waals surface area contributed by atoms with E-state index in [0.717, 1.165) is 24.8 Å². The number of anilines is 1. The normalized spacial score (nSPS) is 18.1. The van der Waals surface area contributed by atoms with E-state index in [9.17, 15) is 18.0 Å². The Morgan fingerprint density at radius 2 is 1.71 bits per heavy atom. The Balaban J connectivity index is 1.51. The van der Waals surface area contributed by atoms with Crippen LogP contribution < -0.4 is 15.4 Å². The number of carbonyl (C=O) groups excluding carboxylic acids is 2. The zero-order chi connectivity index (χ0) is 29.1. The molecule has 12 heteroatoms. The van der Waals surface area contributed by atoms with E-state index >= 15 is 0 Å². The molecular formula is C29H30Cl2N4O5S. The molecule has 2 N–H and O–H groups in total. The van der Waals surface area contributed by atoms with Crippen molar-refractivity contribution in [2.24, 2.45) is 0 Å². The van der Waals surface area contributed by atoms with Crippen LogP contribution in [0.3, 0.4) is 0 Å². The Bertz CT molecular complexity index is 1560. The lowest BCUT2D eigenvalue weighted by Crippen LogP contribution is -2.53. The van der Waals surface area contributed by atoms with Crippen LogP contribution in [0.1, 0.15) is 36.4 Å². The van der Waals surface area contributed by atoms with Gasteiger partial charge in [0.1, 0.15) is 11.8 Å². The average Bonchev–Trinajstić information content (AvgIpc) is 2.93. The summed E-state index contributed by atoms with van der Waals surface area (Å²) in [4.78, 5) is 28.1. The number of piperazine rings is 1. The molecule has 0 aliphatic carbocycles. The fraction of sp³-hybridized carbons (Fsp3) is 0.310. The predicted molar refractivity (Wildman–Crippen MR) is 158 cm³/mol. The van der Waals surface area contributed by atoms with Gasteiger partial charge < -0.3 is 20.3 Å². The zero-order valence-corrected chi connectivity index (χ0v) is 24.7. The monoisotopic (exact) mass is 616 g/mol. The summed E-state index contributed by atoms with van der Waals surface area (Å²) in [6.07, 6.45) is 2.56. The van der Waals surface area contributed by atoms with E-state index in [1.165, 1.54) is 27.4 Å². The number of hydrogen-bond donors (Lipinski definition) is 2. The molecule has 41 heavy (non-hydrogen) atoms. The summed E-state index contributed by atoms with van der Waals surface area (Å²) in [7, 11) is -3.81. The van der Waals surface area contributed by atoms with E-state index in [4.69, 9.17) is 27.9 Å². The van der Waals surface area contributed by atoms with E-state index in [0.29, 0.717) is 34.4 Å². The molecule has 2 fully saturated rings. The molecular weight excluding hydrogens is 587 g/mol. The van der Waals surface area contributed by atoms with Gasteiger partial charge in [0.05, 0.1) is 10.6 Å². The number of ether oxygens (including phenoxy) is 1.